The Morgan fingerprint density at radius 2 is 1.90 bits per heavy atom. The molecule has 20 heavy (non-hydrogen) atoms. The summed E-state index contributed by atoms with van der Waals surface area (Å²) in [4.78, 5) is 11.1. The molecule has 0 saturated carbocycles. The fourth-order valence-corrected chi connectivity index (χ4v) is 2.11. The van der Waals surface area contributed by atoms with Crippen molar-refractivity contribution in [3.63, 3.8) is 0 Å². The van der Waals surface area contributed by atoms with Crippen LogP contribution in [0.2, 0.25) is 5.02 Å². The summed E-state index contributed by atoms with van der Waals surface area (Å²) >= 11 is 5.73. The second-order valence-electron chi connectivity index (χ2n) is 4.66. The third kappa shape index (κ3) is 3.91. The van der Waals surface area contributed by atoms with Crippen LogP contribution in [0.5, 0.6) is 0 Å². The summed E-state index contributed by atoms with van der Waals surface area (Å²) in [5.41, 5.74) is -0.246. The smallest absolute Gasteiger partial charge is 0.339 e. The van der Waals surface area contributed by atoms with Gasteiger partial charge in [-0.3, -0.25) is 0 Å². The van der Waals surface area contributed by atoms with E-state index in [1.807, 2.05) is 13.8 Å². The number of nitrogens with two attached hydrogens (primary N) is 1. The van der Waals surface area contributed by atoms with Gasteiger partial charge in [0, 0.05) is 0 Å². The molecule has 112 valence electrons. The Balaban J connectivity index is 3.22. The van der Waals surface area contributed by atoms with Crippen LogP contribution in [0.25, 0.3) is 0 Å². The minimum absolute atomic E-state index is 0.0656. The van der Waals surface area contributed by atoms with Crippen LogP contribution in [0.15, 0.2) is 17.0 Å². The summed E-state index contributed by atoms with van der Waals surface area (Å²) in [6.45, 7) is 5.38. The van der Waals surface area contributed by atoms with Gasteiger partial charge in [0.05, 0.1) is 10.6 Å². The monoisotopic (exact) mass is 323 g/mol. The van der Waals surface area contributed by atoms with Crippen LogP contribution < -0.4 is 5.14 Å². The molecule has 8 heteroatoms. The molecule has 0 aromatic heterocycles. The fourth-order valence-electron chi connectivity index (χ4n) is 1.27. The maximum absolute atomic E-state index is 13.5. The molecular weight excluding hydrogens is 309 g/mol. The first-order chi connectivity index (χ1) is 9.04. The standard InChI is InChI=1S/C12H15ClFNO4S/c1-6(2)7(3)19-12(16)8-4-11(20(15,17)18)10(14)5-9(8)13/h4-7H,1-3H3,(H2,15,17,18). The lowest BCUT2D eigenvalue weighted by molar-refractivity contribution is 0.0238. The Labute approximate surface area is 121 Å². The first-order valence-corrected chi connectivity index (χ1v) is 7.69. The number of hydrogen-bond donors (Lipinski definition) is 1. The highest BCUT2D eigenvalue weighted by Gasteiger charge is 2.23. The molecule has 1 aromatic carbocycles. The quantitative estimate of drug-likeness (QED) is 0.861. The fraction of sp³-hybridized carbons (Fsp3) is 0.417. The van der Waals surface area contributed by atoms with E-state index in [0.717, 1.165) is 12.1 Å². The second kappa shape index (κ2) is 6.07. The van der Waals surface area contributed by atoms with Gasteiger partial charge in [-0.15, -0.1) is 0 Å². The van der Waals surface area contributed by atoms with Crippen molar-refractivity contribution < 1.29 is 22.3 Å². The number of rotatable bonds is 4. The van der Waals surface area contributed by atoms with Crippen LogP contribution >= 0.6 is 11.6 Å². The van der Waals surface area contributed by atoms with E-state index in [4.69, 9.17) is 21.5 Å². The summed E-state index contributed by atoms with van der Waals surface area (Å²) in [7, 11) is -4.29. The third-order valence-electron chi connectivity index (χ3n) is 2.78. The van der Waals surface area contributed by atoms with Crippen LogP contribution in [-0.2, 0) is 14.8 Å². The Morgan fingerprint density at radius 1 is 1.35 bits per heavy atom. The molecule has 0 fully saturated rings. The van der Waals surface area contributed by atoms with E-state index >= 15 is 0 Å². The van der Waals surface area contributed by atoms with E-state index in [9.17, 15) is 17.6 Å². The largest absolute Gasteiger partial charge is 0.459 e. The van der Waals surface area contributed by atoms with E-state index in [2.05, 4.69) is 0 Å². The Bertz CT molecular complexity index is 631. The molecule has 1 rings (SSSR count). The summed E-state index contributed by atoms with van der Waals surface area (Å²) in [6.07, 6.45) is -0.401. The lowest BCUT2D eigenvalue weighted by Gasteiger charge is -2.17. The van der Waals surface area contributed by atoms with Gasteiger partial charge < -0.3 is 4.74 Å². The minimum atomic E-state index is -4.29. The number of carbonyl (C=O) groups is 1. The maximum atomic E-state index is 13.5. The summed E-state index contributed by atoms with van der Waals surface area (Å²) in [5, 5.41) is 4.62. The number of benzene rings is 1. The van der Waals surface area contributed by atoms with Gasteiger partial charge in [0.1, 0.15) is 16.8 Å². The molecule has 0 aliphatic rings. The predicted molar refractivity (Wildman–Crippen MR) is 72.5 cm³/mol. The van der Waals surface area contributed by atoms with Gasteiger partial charge in [0.15, 0.2) is 0 Å². The third-order valence-corrected chi connectivity index (χ3v) is 4.02. The summed E-state index contributed by atoms with van der Waals surface area (Å²) in [5.74, 6) is -1.89. The van der Waals surface area contributed by atoms with Crippen LogP contribution in [0.4, 0.5) is 4.39 Å². The molecule has 0 saturated heterocycles. The zero-order valence-electron chi connectivity index (χ0n) is 11.2. The number of ether oxygens (including phenoxy) is 1. The number of primary sulfonamides is 1. The van der Waals surface area contributed by atoms with Crippen LogP contribution in [0, 0.1) is 11.7 Å². The summed E-state index contributed by atoms with van der Waals surface area (Å²) < 4.78 is 41.0. The van der Waals surface area contributed by atoms with Crippen LogP contribution in [0.1, 0.15) is 31.1 Å². The van der Waals surface area contributed by atoms with Gasteiger partial charge in [-0.05, 0) is 25.0 Å². The molecule has 0 heterocycles. The second-order valence-corrected chi connectivity index (χ2v) is 6.60. The molecular formula is C12H15ClFNO4S. The maximum Gasteiger partial charge on any atom is 0.339 e. The lowest BCUT2D eigenvalue weighted by Crippen LogP contribution is -2.21. The van der Waals surface area contributed by atoms with Gasteiger partial charge in [-0.2, -0.15) is 0 Å². The minimum Gasteiger partial charge on any atom is -0.459 e. The summed E-state index contributed by atoms with van der Waals surface area (Å²) in [6, 6.07) is 1.50. The topological polar surface area (TPSA) is 86.5 Å². The van der Waals surface area contributed by atoms with Gasteiger partial charge in [0.2, 0.25) is 10.0 Å². The normalized spacial score (nSPS) is 13.3. The van der Waals surface area contributed by atoms with E-state index < -0.39 is 32.8 Å². The Hall–Kier alpha value is -1.18. The predicted octanol–water partition coefficient (Wildman–Crippen LogP) is 2.33. The van der Waals surface area contributed by atoms with Gasteiger partial charge in [-0.25, -0.2) is 22.7 Å². The zero-order valence-corrected chi connectivity index (χ0v) is 12.8. The highest BCUT2D eigenvalue weighted by atomic mass is 35.5. The number of halogens is 2. The highest BCUT2D eigenvalue weighted by Crippen LogP contribution is 2.24. The molecule has 0 spiro atoms. The highest BCUT2D eigenvalue weighted by molar-refractivity contribution is 7.89. The lowest BCUT2D eigenvalue weighted by atomic mass is 10.1. The molecule has 0 amide bonds. The van der Waals surface area contributed by atoms with Crippen molar-refractivity contribution >= 4 is 27.6 Å². The van der Waals surface area contributed by atoms with E-state index in [-0.39, 0.29) is 16.5 Å². The molecule has 1 aromatic rings. The van der Waals surface area contributed by atoms with E-state index in [1.165, 1.54) is 0 Å². The van der Waals surface area contributed by atoms with Gasteiger partial charge in [-0.1, -0.05) is 25.4 Å². The molecule has 0 bridgehead atoms. The molecule has 1 unspecified atom stereocenters. The van der Waals surface area contributed by atoms with E-state index in [1.54, 1.807) is 6.92 Å². The van der Waals surface area contributed by atoms with Crippen LogP contribution in [-0.4, -0.2) is 20.5 Å². The van der Waals surface area contributed by atoms with Crippen molar-refractivity contribution in [2.75, 3.05) is 0 Å². The van der Waals surface area contributed by atoms with Crippen molar-refractivity contribution in [2.24, 2.45) is 11.1 Å². The molecule has 0 radical (unpaired) electrons. The number of hydrogen-bond acceptors (Lipinski definition) is 4. The van der Waals surface area contributed by atoms with Crippen molar-refractivity contribution in [2.45, 2.75) is 31.8 Å². The number of esters is 1. The molecule has 5 nitrogen and oxygen atoms in total. The van der Waals surface area contributed by atoms with Crippen molar-refractivity contribution in [1.29, 1.82) is 0 Å². The molecule has 1 atom stereocenters. The number of carbonyl (C=O) groups excluding carboxylic acids is 1. The average molecular weight is 324 g/mol. The molecule has 0 aliphatic heterocycles. The van der Waals surface area contributed by atoms with Crippen molar-refractivity contribution in [1.82, 2.24) is 0 Å². The van der Waals surface area contributed by atoms with Crippen LogP contribution in [0.3, 0.4) is 0 Å². The first kappa shape index (κ1) is 16.9. The number of sulfonamides is 1. The van der Waals surface area contributed by atoms with Crippen molar-refractivity contribution in [3.8, 4) is 0 Å². The average Bonchev–Trinajstić information content (AvgIpc) is 2.26. The molecule has 2 N–H and O–H groups in total. The van der Waals surface area contributed by atoms with Crippen molar-refractivity contribution in [3.05, 3.63) is 28.5 Å². The Kier molecular flexibility index (Phi) is 5.12. The van der Waals surface area contributed by atoms with E-state index in [0.29, 0.717) is 0 Å². The van der Waals surface area contributed by atoms with Gasteiger partial charge in [0.25, 0.3) is 0 Å². The van der Waals surface area contributed by atoms with Gasteiger partial charge >= 0.3 is 5.97 Å². The first-order valence-electron chi connectivity index (χ1n) is 5.77. The SMILES string of the molecule is CC(C)C(C)OC(=O)c1cc(S(N)(=O)=O)c(F)cc1Cl. The Morgan fingerprint density at radius 3 is 2.35 bits per heavy atom. The molecule has 0 aliphatic carbocycles. The zero-order chi connectivity index (χ0) is 15.7.